The Kier molecular flexibility index (Phi) is 3.09. The monoisotopic (exact) mass is 300 g/mol. The molecule has 0 amide bonds. The molecule has 0 aromatic heterocycles. The summed E-state index contributed by atoms with van der Waals surface area (Å²) in [5.41, 5.74) is 0. The molecule has 0 unspecified atom stereocenters. The molecule has 21 heavy (non-hydrogen) atoms. The summed E-state index contributed by atoms with van der Waals surface area (Å²) in [4.78, 5) is 1.46. The summed E-state index contributed by atoms with van der Waals surface area (Å²) < 4.78 is 0. The Morgan fingerprint density at radius 2 is 1.43 bits per heavy atom. The van der Waals surface area contributed by atoms with Crippen molar-refractivity contribution in [3.8, 4) is 0 Å². The summed E-state index contributed by atoms with van der Waals surface area (Å²) in [6.07, 6.45) is 10.1. The Hall–Kier alpha value is -0.510. The van der Waals surface area contributed by atoms with Gasteiger partial charge in [0.2, 0.25) is 0 Å². The number of fused-ring (bicyclic) bond motifs is 4. The van der Waals surface area contributed by atoms with E-state index >= 15 is 0 Å². The lowest BCUT2D eigenvalue weighted by molar-refractivity contribution is -0.153. The number of rotatable bonds is 2. The third-order valence-corrected chi connectivity index (χ3v) is 7.55. The van der Waals surface area contributed by atoms with Crippen molar-refractivity contribution in [2.45, 2.75) is 79.3 Å². The van der Waals surface area contributed by atoms with Gasteiger partial charge in [-0.1, -0.05) is 18.2 Å². The van der Waals surface area contributed by atoms with Crippen LogP contribution in [0.3, 0.4) is 0 Å². The molecule has 5 aliphatic rings. The third-order valence-electron chi connectivity index (χ3n) is 6.15. The van der Waals surface area contributed by atoms with Gasteiger partial charge in [0.05, 0.1) is 0 Å². The fourth-order valence-corrected chi connectivity index (χ4v) is 6.63. The van der Waals surface area contributed by atoms with Gasteiger partial charge < -0.3 is 0 Å². The normalized spacial score (nSPS) is 42.2. The average Bonchev–Trinajstić information content (AvgIpc) is 2.89. The highest BCUT2D eigenvalue weighted by molar-refractivity contribution is 8.00. The molecule has 5 fully saturated rings. The van der Waals surface area contributed by atoms with Gasteiger partial charge in [-0.2, -0.15) is 0 Å². The minimum Gasteiger partial charge on any atom is -0.235 e. The van der Waals surface area contributed by atoms with Crippen molar-refractivity contribution in [2.75, 3.05) is 0 Å². The molecule has 2 nitrogen and oxygen atoms in total. The van der Waals surface area contributed by atoms with Gasteiger partial charge >= 0.3 is 0 Å². The van der Waals surface area contributed by atoms with Gasteiger partial charge in [0.1, 0.15) is 0 Å². The molecule has 3 heteroatoms. The minimum atomic E-state index is 0.799. The highest BCUT2D eigenvalue weighted by atomic mass is 32.2. The Morgan fingerprint density at radius 1 is 0.762 bits per heavy atom. The van der Waals surface area contributed by atoms with Crippen LogP contribution in [-0.4, -0.2) is 39.4 Å². The third kappa shape index (κ3) is 2.01. The van der Waals surface area contributed by atoms with E-state index in [4.69, 9.17) is 0 Å². The van der Waals surface area contributed by atoms with Crippen LogP contribution >= 0.6 is 11.8 Å². The molecule has 2 aliphatic carbocycles. The van der Waals surface area contributed by atoms with Crippen LogP contribution in [0.4, 0.5) is 0 Å². The number of hydrogen-bond donors (Lipinski definition) is 0. The van der Waals surface area contributed by atoms with Gasteiger partial charge in [0.15, 0.2) is 0 Å². The van der Waals surface area contributed by atoms with Crippen molar-refractivity contribution in [3.63, 3.8) is 0 Å². The van der Waals surface area contributed by atoms with E-state index in [1.54, 1.807) is 0 Å². The number of nitrogens with zero attached hydrogens (tertiary/aromatic N) is 2. The Balaban J connectivity index is 1.41. The van der Waals surface area contributed by atoms with Crippen molar-refractivity contribution >= 4 is 11.8 Å². The van der Waals surface area contributed by atoms with Crippen LogP contribution in [0.5, 0.6) is 0 Å². The zero-order chi connectivity index (χ0) is 13.8. The highest BCUT2D eigenvalue weighted by Crippen LogP contribution is 2.50. The van der Waals surface area contributed by atoms with Crippen LogP contribution in [0.2, 0.25) is 0 Å². The van der Waals surface area contributed by atoms with Gasteiger partial charge in [0, 0.05) is 34.3 Å². The molecule has 3 atom stereocenters. The average molecular weight is 300 g/mol. The largest absolute Gasteiger partial charge is 0.235 e. The fraction of sp³-hybridized carbons (Fsp3) is 0.667. The standard InChI is InChI=1S/C18H24N2S/c1-2-4-16(5-3-1)21-18-11-10-15-12-17(18)20-14-8-6-13(7-9-14)19(15)20/h1-5,13-15,17-18H,6-12H2/t13?,14?,15-,17-,18-/m1/s1. The lowest BCUT2D eigenvalue weighted by Crippen LogP contribution is -2.61. The lowest BCUT2D eigenvalue weighted by Gasteiger charge is -2.53. The van der Waals surface area contributed by atoms with Crippen LogP contribution in [0.25, 0.3) is 0 Å². The van der Waals surface area contributed by atoms with Gasteiger partial charge in [-0.15, -0.1) is 11.8 Å². The lowest BCUT2D eigenvalue weighted by atomic mass is 9.87. The van der Waals surface area contributed by atoms with Gasteiger partial charge in [-0.25, -0.2) is 10.0 Å². The zero-order valence-corrected chi connectivity index (χ0v) is 13.3. The fourth-order valence-electron chi connectivity index (χ4n) is 5.32. The molecule has 0 spiro atoms. The molecule has 1 aromatic carbocycles. The van der Waals surface area contributed by atoms with Gasteiger partial charge in [-0.05, 0) is 57.1 Å². The number of thioether (sulfide) groups is 1. The van der Waals surface area contributed by atoms with E-state index in [0.29, 0.717) is 0 Å². The van der Waals surface area contributed by atoms with Crippen molar-refractivity contribution in [1.82, 2.24) is 10.0 Å². The van der Waals surface area contributed by atoms with Gasteiger partial charge in [0.25, 0.3) is 0 Å². The predicted octanol–water partition coefficient (Wildman–Crippen LogP) is 3.93. The smallest absolute Gasteiger partial charge is 0.0387 e. The quantitative estimate of drug-likeness (QED) is 0.817. The summed E-state index contributed by atoms with van der Waals surface area (Å²) in [6, 6.07) is 14.5. The van der Waals surface area contributed by atoms with Crippen LogP contribution in [0.15, 0.2) is 35.2 Å². The Bertz CT molecular complexity index is 511. The van der Waals surface area contributed by atoms with Crippen LogP contribution in [0, 0.1) is 0 Å². The van der Waals surface area contributed by atoms with Crippen LogP contribution in [0.1, 0.15) is 44.9 Å². The highest BCUT2D eigenvalue weighted by Gasteiger charge is 2.54. The molecule has 3 saturated heterocycles. The van der Waals surface area contributed by atoms with E-state index < -0.39 is 0 Å². The number of hydrazine groups is 1. The number of benzene rings is 1. The van der Waals surface area contributed by atoms with E-state index in [1.165, 1.54) is 49.8 Å². The minimum absolute atomic E-state index is 0.799. The van der Waals surface area contributed by atoms with Crippen LogP contribution < -0.4 is 0 Å². The molecular weight excluding hydrogens is 276 g/mol. The van der Waals surface area contributed by atoms with E-state index in [9.17, 15) is 0 Å². The first-order valence-electron chi connectivity index (χ1n) is 8.68. The molecule has 6 rings (SSSR count). The molecule has 3 aliphatic heterocycles. The topological polar surface area (TPSA) is 6.48 Å². The maximum Gasteiger partial charge on any atom is 0.0387 e. The maximum absolute atomic E-state index is 2.87. The molecule has 0 N–H and O–H groups in total. The second-order valence-electron chi connectivity index (χ2n) is 7.23. The Labute approximate surface area is 131 Å². The van der Waals surface area contributed by atoms with Crippen molar-refractivity contribution < 1.29 is 0 Å². The number of hydrogen-bond acceptors (Lipinski definition) is 3. The first-order valence-corrected chi connectivity index (χ1v) is 9.56. The summed E-state index contributed by atoms with van der Waals surface area (Å²) in [5.74, 6) is 0. The molecule has 3 heterocycles. The second kappa shape index (κ2) is 5.00. The van der Waals surface area contributed by atoms with Crippen LogP contribution in [-0.2, 0) is 0 Å². The second-order valence-corrected chi connectivity index (χ2v) is 8.54. The first-order chi connectivity index (χ1) is 10.4. The molecule has 4 bridgehead atoms. The SMILES string of the molecule is c1ccc(S[C@@H]2CC[C@@H]3C[C@H]2N2C4CCC(CC4)N32)cc1. The van der Waals surface area contributed by atoms with E-state index in [-0.39, 0.29) is 0 Å². The molecular formula is C18H24N2S. The summed E-state index contributed by atoms with van der Waals surface area (Å²) in [7, 11) is 0. The summed E-state index contributed by atoms with van der Waals surface area (Å²) >= 11 is 2.14. The van der Waals surface area contributed by atoms with E-state index in [2.05, 4.69) is 52.1 Å². The van der Waals surface area contributed by atoms with Crippen molar-refractivity contribution in [1.29, 1.82) is 0 Å². The van der Waals surface area contributed by atoms with E-state index in [0.717, 1.165) is 29.4 Å². The first kappa shape index (κ1) is 13.0. The molecule has 112 valence electrons. The summed E-state index contributed by atoms with van der Waals surface area (Å²) in [5, 5.41) is 6.53. The summed E-state index contributed by atoms with van der Waals surface area (Å²) in [6.45, 7) is 0. The molecule has 1 aromatic rings. The Morgan fingerprint density at radius 3 is 2.19 bits per heavy atom. The molecule has 2 saturated carbocycles. The van der Waals surface area contributed by atoms with E-state index in [1.807, 2.05) is 0 Å². The van der Waals surface area contributed by atoms with Gasteiger partial charge in [-0.3, -0.25) is 0 Å². The molecule has 0 radical (unpaired) electrons. The van der Waals surface area contributed by atoms with Crippen molar-refractivity contribution in [2.24, 2.45) is 0 Å². The zero-order valence-electron chi connectivity index (χ0n) is 12.5. The maximum atomic E-state index is 2.87. The predicted molar refractivity (Wildman–Crippen MR) is 87.2 cm³/mol. The van der Waals surface area contributed by atoms with Crippen molar-refractivity contribution in [3.05, 3.63) is 30.3 Å².